The molecule has 0 unspecified atom stereocenters. The van der Waals surface area contributed by atoms with Gasteiger partial charge in [0.1, 0.15) is 0 Å². The number of hydrogen-bond donors (Lipinski definition) is 1. The third-order valence-corrected chi connectivity index (χ3v) is 4.02. The Kier molecular flexibility index (Phi) is 3.30. The zero-order valence-corrected chi connectivity index (χ0v) is 12.3. The molecular formula is C16H21N4+. The van der Waals surface area contributed by atoms with Crippen LogP contribution in [-0.4, -0.2) is 18.6 Å². The van der Waals surface area contributed by atoms with Crippen LogP contribution >= 0.6 is 0 Å². The lowest BCUT2D eigenvalue weighted by molar-refractivity contribution is -0.665. The first-order valence-corrected chi connectivity index (χ1v) is 7.11. The standard InChI is InChI=1S/C16H20N4/c1-12-11-15(18-16(17-2)19(12)3)20-10-6-8-13-7-4-5-9-14(13)20/h4-5,7,9,11H,6,8,10H2,1-3H3/p+1. The Morgan fingerprint density at radius 3 is 2.90 bits per heavy atom. The summed E-state index contributed by atoms with van der Waals surface area (Å²) < 4.78 is 2.07. The normalized spacial score (nSPS) is 14.1. The van der Waals surface area contributed by atoms with E-state index in [4.69, 9.17) is 4.98 Å². The Morgan fingerprint density at radius 1 is 1.30 bits per heavy atom. The van der Waals surface area contributed by atoms with E-state index in [-0.39, 0.29) is 0 Å². The van der Waals surface area contributed by atoms with Gasteiger partial charge in [0.05, 0.1) is 19.8 Å². The first kappa shape index (κ1) is 12.9. The van der Waals surface area contributed by atoms with Crippen LogP contribution in [0.2, 0.25) is 0 Å². The number of benzene rings is 1. The van der Waals surface area contributed by atoms with Crippen LogP contribution in [0.3, 0.4) is 0 Å². The molecule has 2 aromatic rings. The fourth-order valence-corrected chi connectivity index (χ4v) is 2.80. The number of aryl methyl sites for hydroxylation is 2. The van der Waals surface area contributed by atoms with Crippen molar-refractivity contribution in [2.24, 2.45) is 7.05 Å². The number of aromatic nitrogens is 2. The Labute approximate surface area is 120 Å². The van der Waals surface area contributed by atoms with Crippen molar-refractivity contribution >= 4 is 17.5 Å². The summed E-state index contributed by atoms with van der Waals surface area (Å²) in [4.78, 5) is 7.08. The van der Waals surface area contributed by atoms with E-state index in [9.17, 15) is 0 Å². The summed E-state index contributed by atoms with van der Waals surface area (Å²) in [6.07, 6.45) is 2.33. The number of para-hydroxylation sites is 1. The molecule has 1 aromatic carbocycles. The summed E-state index contributed by atoms with van der Waals surface area (Å²) in [5.41, 5.74) is 3.90. The fourth-order valence-electron chi connectivity index (χ4n) is 2.80. The van der Waals surface area contributed by atoms with Crippen LogP contribution in [0.1, 0.15) is 17.7 Å². The van der Waals surface area contributed by atoms with Crippen LogP contribution in [0, 0.1) is 6.92 Å². The second kappa shape index (κ2) is 5.12. The van der Waals surface area contributed by atoms with E-state index in [1.807, 2.05) is 14.1 Å². The van der Waals surface area contributed by atoms with Crippen molar-refractivity contribution < 1.29 is 4.57 Å². The lowest BCUT2D eigenvalue weighted by Crippen LogP contribution is -2.38. The van der Waals surface area contributed by atoms with Gasteiger partial charge in [-0.25, -0.2) is 4.57 Å². The first-order chi connectivity index (χ1) is 9.70. The predicted octanol–water partition coefficient (Wildman–Crippen LogP) is 2.34. The zero-order chi connectivity index (χ0) is 14.1. The summed E-state index contributed by atoms with van der Waals surface area (Å²) in [6, 6.07) is 10.8. The molecule has 0 aliphatic carbocycles. The van der Waals surface area contributed by atoms with E-state index in [1.165, 1.54) is 23.4 Å². The van der Waals surface area contributed by atoms with Gasteiger partial charge in [-0.2, -0.15) is 0 Å². The molecule has 0 spiro atoms. The van der Waals surface area contributed by atoms with Crippen molar-refractivity contribution in [2.75, 3.05) is 23.8 Å². The lowest BCUT2D eigenvalue weighted by atomic mass is 10.0. The highest BCUT2D eigenvalue weighted by Gasteiger charge is 2.23. The minimum absolute atomic E-state index is 0.892. The Bertz CT molecular complexity index is 636. The van der Waals surface area contributed by atoms with E-state index >= 15 is 0 Å². The van der Waals surface area contributed by atoms with Crippen LogP contribution in [0.4, 0.5) is 17.5 Å². The molecule has 0 fully saturated rings. The van der Waals surface area contributed by atoms with Gasteiger partial charge in [-0.3, -0.25) is 5.32 Å². The van der Waals surface area contributed by atoms with E-state index < -0.39 is 0 Å². The third-order valence-electron chi connectivity index (χ3n) is 4.02. The maximum atomic E-state index is 4.75. The average Bonchev–Trinajstić information content (AvgIpc) is 2.49. The second-order valence-electron chi connectivity index (χ2n) is 5.27. The molecule has 104 valence electrons. The smallest absolute Gasteiger partial charge is 0.312 e. The summed E-state index contributed by atoms with van der Waals surface area (Å²) in [6.45, 7) is 3.14. The summed E-state index contributed by atoms with van der Waals surface area (Å²) >= 11 is 0. The number of nitrogens with one attached hydrogen (secondary N) is 1. The highest BCUT2D eigenvalue weighted by molar-refractivity contribution is 5.65. The molecule has 0 saturated carbocycles. The van der Waals surface area contributed by atoms with Gasteiger partial charge in [0, 0.05) is 18.3 Å². The number of anilines is 3. The molecule has 1 aliphatic rings. The van der Waals surface area contributed by atoms with Gasteiger partial charge in [-0.15, -0.1) is 0 Å². The van der Waals surface area contributed by atoms with E-state index in [2.05, 4.69) is 52.0 Å². The zero-order valence-electron chi connectivity index (χ0n) is 12.3. The van der Waals surface area contributed by atoms with Gasteiger partial charge >= 0.3 is 5.95 Å². The fraction of sp³-hybridized carbons (Fsp3) is 0.375. The molecule has 1 N–H and O–H groups in total. The Balaban J connectivity index is 2.09. The number of hydrogen-bond acceptors (Lipinski definition) is 3. The SMILES string of the molecule is CNc1nc(N2CCCc3ccccc32)cc(C)[n+]1C. The lowest BCUT2D eigenvalue weighted by Gasteiger charge is -2.29. The van der Waals surface area contributed by atoms with Crippen molar-refractivity contribution in [1.29, 1.82) is 0 Å². The van der Waals surface area contributed by atoms with Gasteiger partial charge in [-0.1, -0.05) is 23.2 Å². The largest absolute Gasteiger partial charge is 0.393 e. The van der Waals surface area contributed by atoms with Crippen LogP contribution in [-0.2, 0) is 13.5 Å². The van der Waals surface area contributed by atoms with Gasteiger partial charge in [0.2, 0.25) is 5.82 Å². The number of rotatable bonds is 2. The van der Waals surface area contributed by atoms with Gasteiger partial charge in [0.15, 0.2) is 0 Å². The topological polar surface area (TPSA) is 32.0 Å². The maximum Gasteiger partial charge on any atom is 0.393 e. The molecule has 4 nitrogen and oxygen atoms in total. The highest BCUT2D eigenvalue weighted by Crippen LogP contribution is 2.32. The molecule has 4 heteroatoms. The quantitative estimate of drug-likeness (QED) is 0.849. The molecule has 0 amide bonds. The Morgan fingerprint density at radius 2 is 2.10 bits per heavy atom. The maximum absolute atomic E-state index is 4.75. The predicted molar refractivity (Wildman–Crippen MR) is 81.5 cm³/mol. The Hall–Kier alpha value is -2.10. The minimum Gasteiger partial charge on any atom is -0.312 e. The summed E-state index contributed by atoms with van der Waals surface area (Å²) in [5, 5.41) is 3.16. The van der Waals surface area contributed by atoms with Crippen molar-refractivity contribution in [3.8, 4) is 0 Å². The number of nitrogens with zero attached hydrogens (tertiary/aromatic N) is 3. The second-order valence-corrected chi connectivity index (χ2v) is 5.27. The molecule has 3 rings (SSSR count). The average molecular weight is 269 g/mol. The van der Waals surface area contributed by atoms with Crippen molar-refractivity contribution in [1.82, 2.24) is 4.98 Å². The third kappa shape index (κ3) is 2.11. The van der Waals surface area contributed by atoms with Crippen molar-refractivity contribution in [3.63, 3.8) is 0 Å². The molecule has 1 aromatic heterocycles. The van der Waals surface area contributed by atoms with Crippen LogP contribution in [0.5, 0.6) is 0 Å². The minimum atomic E-state index is 0.892. The molecule has 2 heterocycles. The first-order valence-electron chi connectivity index (χ1n) is 7.11. The van der Waals surface area contributed by atoms with Gasteiger partial charge in [-0.05, 0) is 31.4 Å². The molecule has 0 saturated heterocycles. The molecule has 1 aliphatic heterocycles. The van der Waals surface area contributed by atoms with Crippen molar-refractivity contribution in [3.05, 3.63) is 41.6 Å². The number of fused-ring (bicyclic) bond motifs is 1. The highest BCUT2D eigenvalue weighted by atomic mass is 15.3. The van der Waals surface area contributed by atoms with E-state index in [0.29, 0.717) is 0 Å². The summed E-state index contributed by atoms with van der Waals surface area (Å²) in [7, 11) is 3.94. The van der Waals surface area contributed by atoms with E-state index in [0.717, 1.165) is 24.7 Å². The molecule has 0 atom stereocenters. The van der Waals surface area contributed by atoms with Crippen molar-refractivity contribution in [2.45, 2.75) is 19.8 Å². The van der Waals surface area contributed by atoms with Gasteiger partial charge < -0.3 is 4.90 Å². The molecule has 0 bridgehead atoms. The van der Waals surface area contributed by atoms with Gasteiger partial charge in [0.25, 0.3) is 0 Å². The van der Waals surface area contributed by atoms with E-state index in [1.54, 1.807) is 0 Å². The molecule has 0 radical (unpaired) electrons. The molecule has 20 heavy (non-hydrogen) atoms. The molecular weight excluding hydrogens is 248 g/mol. The monoisotopic (exact) mass is 269 g/mol. The van der Waals surface area contributed by atoms with Crippen LogP contribution < -0.4 is 14.8 Å². The van der Waals surface area contributed by atoms with Crippen LogP contribution in [0.25, 0.3) is 0 Å². The summed E-state index contributed by atoms with van der Waals surface area (Å²) in [5.74, 6) is 1.92. The van der Waals surface area contributed by atoms with Crippen LogP contribution in [0.15, 0.2) is 30.3 Å².